The lowest BCUT2D eigenvalue weighted by atomic mass is 9.74. The highest BCUT2D eigenvalue weighted by atomic mass is 16.5. The van der Waals surface area contributed by atoms with Gasteiger partial charge >= 0.3 is 0 Å². The number of unbranched alkanes of at least 4 members (excludes halogenated alkanes) is 2. The summed E-state index contributed by atoms with van der Waals surface area (Å²) in [4.78, 5) is 12.4. The topological polar surface area (TPSA) is 26.3 Å². The standard InChI is InChI=1S/C14H26O2/c1-4-5-6-9-13(15)14(11-16-3)10-7-8-12(14)2/h12H,4-11H2,1-3H3. The van der Waals surface area contributed by atoms with E-state index in [1.807, 2.05) is 0 Å². The van der Waals surface area contributed by atoms with Crippen LogP contribution < -0.4 is 0 Å². The Balaban J connectivity index is 2.58. The van der Waals surface area contributed by atoms with Crippen molar-refractivity contribution < 1.29 is 9.53 Å². The highest BCUT2D eigenvalue weighted by Gasteiger charge is 2.45. The summed E-state index contributed by atoms with van der Waals surface area (Å²) < 4.78 is 5.31. The van der Waals surface area contributed by atoms with E-state index in [2.05, 4.69) is 13.8 Å². The van der Waals surface area contributed by atoms with Crippen molar-refractivity contribution in [2.24, 2.45) is 11.3 Å². The van der Waals surface area contributed by atoms with Gasteiger partial charge in [0.05, 0.1) is 12.0 Å². The second-order valence-electron chi connectivity index (χ2n) is 5.26. The summed E-state index contributed by atoms with van der Waals surface area (Å²) >= 11 is 0. The van der Waals surface area contributed by atoms with E-state index >= 15 is 0 Å². The highest BCUT2D eigenvalue weighted by Crippen LogP contribution is 2.45. The van der Waals surface area contributed by atoms with Gasteiger partial charge in [0.1, 0.15) is 5.78 Å². The van der Waals surface area contributed by atoms with Crippen molar-refractivity contribution in [1.29, 1.82) is 0 Å². The van der Waals surface area contributed by atoms with Gasteiger partial charge in [0.2, 0.25) is 0 Å². The maximum absolute atomic E-state index is 12.4. The molecule has 2 heteroatoms. The largest absolute Gasteiger partial charge is 0.384 e. The van der Waals surface area contributed by atoms with Crippen molar-refractivity contribution in [3.8, 4) is 0 Å². The molecule has 1 aliphatic rings. The minimum Gasteiger partial charge on any atom is -0.384 e. The van der Waals surface area contributed by atoms with E-state index in [9.17, 15) is 4.79 Å². The van der Waals surface area contributed by atoms with Crippen molar-refractivity contribution in [2.75, 3.05) is 13.7 Å². The Morgan fingerprint density at radius 3 is 2.69 bits per heavy atom. The third-order valence-corrected chi connectivity index (χ3v) is 4.17. The first-order valence-corrected chi connectivity index (χ1v) is 6.69. The van der Waals surface area contributed by atoms with E-state index in [-0.39, 0.29) is 5.41 Å². The van der Waals surface area contributed by atoms with Crippen LogP contribution in [0.15, 0.2) is 0 Å². The highest BCUT2D eigenvalue weighted by molar-refractivity contribution is 5.85. The molecular formula is C14H26O2. The Morgan fingerprint density at radius 1 is 1.44 bits per heavy atom. The molecule has 0 bridgehead atoms. The van der Waals surface area contributed by atoms with Crippen molar-refractivity contribution in [3.05, 3.63) is 0 Å². The Kier molecular flexibility index (Phi) is 5.47. The molecule has 0 N–H and O–H groups in total. The molecule has 0 spiro atoms. The summed E-state index contributed by atoms with van der Waals surface area (Å²) in [6, 6.07) is 0. The van der Waals surface area contributed by atoms with Gasteiger partial charge in [0.25, 0.3) is 0 Å². The van der Waals surface area contributed by atoms with Crippen LogP contribution >= 0.6 is 0 Å². The second-order valence-corrected chi connectivity index (χ2v) is 5.26. The van der Waals surface area contributed by atoms with E-state index in [0.717, 1.165) is 19.3 Å². The van der Waals surface area contributed by atoms with Crippen LogP contribution in [0.4, 0.5) is 0 Å². The van der Waals surface area contributed by atoms with Crippen molar-refractivity contribution in [1.82, 2.24) is 0 Å². The molecule has 2 unspecified atom stereocenters. The monoisotopic (exact) mass is 226 g/mol. The van der Waals surface area contributed by atoms with Crippen molar-refractivity contribution in [2.45, 2.75) is 58.8 Å². The number of methoxy groups -OCH3 is 1. The van der Waals surface area contributed by atoms with E-state index in [0.29, 0.717) is 18.3 Å². The molecule has 0 saturated heterocycles. The first-order valence-electron chi connectivity index (χ1n) is 6.69. The van der Waals surface area contributed by atoms with Gasteiger partial charge in [-0.25, -0.2) is 0 Å². The zero-order valence-electron chi connectivity index (χ0n) is 11.1. The number of rotatable bonds is 7. The molecule has 0 aromatic heterocycles. The zero-order chi connectivity index (χ0) is 12.0. The van der Waals surface area contributed by atoms with E-state index < -0.39 is 0 Å². The van der Waals surface area contributed by atoms with Crippen LogP contribution in [0.2, 0.25) is 0 Å². The molecule has 2 nitrogen and oxygen atoms in total. The summed E-state index contributed by atoms with van der Waals surface area (Å²) in [6.45, 7) is 5.01. The van der Waals surface area contributed by atoms with Gasteiger partial charge in [-0.2, -0.15) is 0 Å². The number of ketones is 1. The van der Waals surface area contributed by atoms with E-state index in [4.69, 9.17) is 4.74 Å². The molecule has 1 aliphatic carbocycles. The Labute approximate surface area is 99.8 Å². The van der Waals surface area contributed by atoms with Crippen LogP contribution in [0.5, 0.6) is 0 Å². The first-order chi connectivity index (χ1) is 7.67. The summed E-state index contributed by atoms with van der Waals surface area (Å²) in [5.74, 6) is 0.953. The molecule has 2 atom stereocenters. The summed E-state index contributed by atoms with van der Waals surface area (Å²) in [5, 5.41) is 0. The average Bonchev–Trinajstić information content (AvgIpc) is 2.62. The number of carbonyl (C=O) groups is 1. The Morgan fingerprint density at radius 2 is 2.19 bits per heavy atom. The van der Waals surface area contributed by atoms with Crippen molar-refractivity contribution >= 4 is 5.78 Å². The van der Waals surface area contributed by atoms with Gasteiger partial charge in [-0.1, -0.05) is 33.1 Å². The minimum absolute atomic E-state index is 0.150. The maximum Gasteiger partial charge on any atom is 0.141 e. The molecule has 94 valence electrons. The second kappa shape index (κ2) is 6.39. The number of carbonyl (C=O) groups excluding carboxylic acids is 1. The lowest BCUT2D eigenvalue weighted by molar-refractivity contribution is -0.134. The van der Waals surface area contributed by atoms with Gasteiger partial charge in [-0.3, -0.25) is 4.79 Å². The van der Waals surface area contributed by atoms with Crippen molar-refractivity contribution in [3.63, 3.8) is 0 Å². The predicted octanol–water partition coefficient (Wildman–Crippen LogP) is 3.59. The van der Waals surface area contributed by atoms with E-state index in [1.54, 1.807) is 7.11 Å². The number of Topliss-reactive ketones (excluding diaryl/α,β-unsaturated/α-hetero) is 1. The lowest BCUT2D eigenvalue weighted by Crippen LogP contribution is -2.38. The lowest BCUT2D eigenvalue weighted by Gasteiger charge is -2.31. The fraction of sp³-hybridized carbons (Fsp3) is 0.929. The Bertz CT molecular complexity index is 225. The minimum atomic E-state index is -0.150. The summed E-state index contributed by atoms with van der Waals surface area (Å²) in [6.07, 6.45) is 7.55. The van der Waals surface area contributed by atoms with Gasteiger partial charge < -0.3 is 4.74 Å². The van der Waals surface area contributed by atoms with Gasteiger partial charge in [0, 0.05) is 13.5 Å². The van der Waals surface area contributed by atoms with E-state index in [1.165, 1.54) is 25.7 Å². The first kappa shape index (κ1) is 13.7. The molecule has 0 aromatic rings. The van der Waals surface area contributed by atoms with Gasteiger partial charge in [-0.15, -0.1) is 0 Å². The molecule has 1 rings (SSSR count). The van der Waals surface area contributed by atoms with Crippen LogP contribution in [-0.4, -0.2) is 19.5 Å². The molecule has 0 radical (unpaired) electrons. The fourth-order valence-electron chi connectivity index (χ4n) is 3.00. The summed E-state index contributed by atoms with van der Waals surface area (Å²) in [5.41, 5.74) is -0.150. The van der Waals surface area contributed by atoms with Crippen LogP contribution in [0.3, 0.4) is 0 Å². The SMILES string of the molecule is CCCCCC(=O)C1(COC)CCCC1C. The zero-order valence-corrected chi connectivity index (χ0v) is 11.1. The van der Waals surface area contributed by atoms with Gasteiger partial charge in [-0.05, 0) is 25.2 Å². The van der Waals surface area contributed by atoms with Crippen LogP contribution in [0, 0.1) is 11.3 Å². The molecule has 1 fully saturated rings. The maximum atomic E-state index is 12.4. The fourth-order valence-corrected chi connectivity index (χ4v) is 3.00. The predicted molar refractivity (Wildman–Crippen MR) is 66.5 cm³/mol. The normalized spacial score (nSPS) is 29.6. The molecule has 0 heterocycles. The third-order valence-electron chi connectivity index (χ3n) is 4.17. The molecule has 16 heavy (non-hydrogen) atoms. The Hall–Kier alpha value is -0.370. The molecule has 0 aromatic carbocycles. The molecule has 0 amide bonds. The van der Waals surface area contributed by atoms with Crippen LogP contribution in [0.1, 0.15) is 58.8 Å². The van der Waals surface area contributed by atoms with Crippen LogP contribution in [0.25, 0.3) is 0 Å². The average molecular weight is 226 g/mol. The molecule has 0 aliphatic heterocycles. The summed E-state index contributed by atoms with van der Waals surface area (Å²) in [7, 11) is 1.71. The van der Waals surface area contributed by atoms with Crippen LogP contribution in [-0.2, 0) is 9.53 Å². The number of ether oxygens (including phenoxy) is 1. The number of hydrogen-bond acceptors (Lipinski definition) is 2. The molecule has 1 saturated carbocycles. The molecular weight excluding hydrogens is 200 g/mol. The quantitative estimate of drug-likeness (QED) is 0.620. The van der Waals surface area contributed by atoms with Gasteiger partial charge in [0.15, 0.2) is 0 Å². The number of hydrogen-bond donors (Lipinski definition) is 0. The smallest absolute Gasteiger partial charge is 0.141 e. The third kappa shape index (κ3) is 2.85.